The Labute approximate surface area is 203 Å². The number of aryl methyl sites for hydroxylation is 2. The van der Waals surface area contributed by atoms with Gasteiger partial charge in [-0.3, -0.25) is 0 Å². The lowest BCUT2D eigenvalue weighted by Crippen LogP contribution is -2.29. The zero-order valence-electron chi connectivity index (χ0n) is 20.8. The first-order valence-electron chi connectivity index (χ1n) is 12.3. The lowest BCUT2D eigenvalue weighted by Gasteiger charge is -2.21. The molecule has 2 nitrogen and oxygen atoms in total. The summed E-state index contributed by atoms with van der Waals surface area (Å²) in [5, 5.41) is 7.52. The van der Waals surface area contributed by atoms with Crippen molar-refractivity contribution in [2.45, 2.75) is 34.1 Å². The topological polar surface area (TPSA) is 8.29 Å². The van der Waals surface area contributed by atoms with Crippen LogP contribution in [0.4, 0.5) is 4.39 Å². The average Bonchev–Trinajstić information content (AvgIpc) is 3.18. The van der Waals surface area contributed by atoms with Crippen LogP contribution in [0.5, 0.6) is 0 Å². The first kappa shape index (κ1) is 20.6. The quantitative estimate of drug-likeness (QED) is 0.134. The Kier molecular flexibility index (Phi) is 3.95. The minimum absolute atomic E-state index is 0.131. The molecule has 172 valence electrons. The number of benzene rings is 4. The van der Waals surface area contributed by atoms with E-state index in [0.717, 1.165) is 39.3 Å². The summed E-state index contributed by atoms with van der Waals surface area (Å²) in [5.41, 5.74) is 6.56. The van der Waals surface area contributed by atoms with Crippen molar-refractivity contribution in [3.8, 4) is 0 Å². The summed E-state index contributed by atoms with van der Waals surface area (Å²) in [6.45, 7) is 9.00. The van der Waals surface area contributed by atoms with Crippen LogP contribution >= 0.6 is 0 Å². The van der Waals surface area contributed by atoms with E-state index in [1.807, 2.05) is 24.3 Å². The molecular formula is C32H28FN2+. The number of aromatic nitrogens is 2. The Bertz CT molecular complexity index is 1990. The van der Waals surface area contributed by atoms with E-state index >= 15 is 4.39 Å². The van der Waals surface area contributed by atoms with E-state index in [4.69, 9.17) is 0 Å². The number of fused-ring (bicyclic) bond motifs is 7. The fraction of sp³-hybridized carbons (Fsp3) is 0.219. The van der Waals surface area contributed by atoms with E-state index in [1.54, 1.807) is 0 Å². The van der Waals surface area contributed by atoms with Crippen molar-refractivity contribution in [2.24, 2.45) is 12.5 Å². The van der Waals surface area contributed by atoms with Gasteiger partial charge in [0.25, 0.3) is 0 Å². The van der Waals surface area contributed by atoms with Gasteiger partial charge in [0, 0.05) is 22.2 Å². The van der Waals surface area contributed by atoms with Crippen LogP contribution < -0.4 is 4.57 Å². The molecule has 4 aromatic carbocycles. The highest BCUT2D eigenvalue weighted by molar-refractivity contribution is 6.29. The van der Waals surface area contributed by atoms with E-state index in [0.29, 0.717) is 10.9 Å². The molecule has 0 atom stereocenters. The second kappa shape index (κ2) is 6.69. The lowest BCUT2D eigenvalue weighted by atomic mass is 9.85. The number of para-hydroxylation sites is 1. The van der Waals surface area contributed by atoms with Crippen molar-refractivity contribution in [1.82, 2.24) is 4.40 Å². The Morgan fingerprint density at radius 2 is 1.51 bits per heavy atom. The van der Waals surface area contributed by atoms with Gasteiger partial charge in [0.2, 0.25) is 5.52 Å². The Morgan fingerprint density at radius 3 is 2.26 bits per heavy atom. The average molecular weight is 460 g/mol. The molecular weight excluding hydrogens is 431 g/mol. The van der Waals surface area contributed by atoms with Gasteiger partial charge in [-0.15, -0.1) is 0 Å². The van der Waals surface area contributed by atoms with Crippen molar-refractivity contribution in [2.75, 3.05) is 0 Å². The largest absolute Gasteiger partial charge is 0.305 e. The summed E-state index contributed by atoms with van der Waals surface area (Å²) in [5.74, 6) is -0.146. The van der Waals surface area contributed by atoms with Gasteiger partial charge >= 0.3 is 0 Å². The third-order valence-electron chi connectivity index (χ3n) is 7.69. The highest BCUT2D eigenvalue weighted by atomic mass is 19.1. The van der Waals surface area contributed by atoms with E-state index in [2.05, 4.69) is 86.3 Å². The van der Waals surface area contributed by atoms with Gasteiger partial charge in [0.1, 0.15) is 7.05 Å². The molecule has 0 fully saturated rings. The number of hydrogen-bond donors (Lipinski definition) is 0. The molecule has 0 saturated heterocycles. The van der Waals surface area contributed by atoms with Crippen LogP contribution in [0.1, 0.15) is 31.9 Å². The van der Waals surface area contributed by atoms with Gasteiger partial charge in [0.05, 0.1) is 27.3 Å². The fourth-order valence-corrected chi connectivity index (χ4v) is 6.39. The molecule has 0 aliphatic heterocycles. The molecule has 0 bridgehead atoms. The maximum Gasteiger partial charge on any atom is 0.224 e. The molecule has 0 spiro atoms. The third kappa shape index (κ3) is 2.61. The van der Waals surface area contributed by atoms with E-state index < -0.39 is 0 Å². The van der Waals surface area contributed by atoms with Crippen LogP contribution in [0.3, 0.4) is 0 Å². The van der Waals surface area contributed by atoms with E-state index in [-0.39, 0.29) is 11.2 Å². The number of hydrogen-bond acceptors (Lipinski definition) is 0. The summed E-state index contributed by atoms with van der Waals surface area (Å²) >= 11 is 0. The molecule has 0 amide bonds. The van der Waals surface area contributed by atoms with Crippen molar-refractivity contribution in [1.29, 1.82) is 0 Å². The summed E-state index contributed by atoms with van der Waals surface area (Å²) in [6, 6.07) is 21.0. The molecule has 0 aliphatic carbocycles. The number of pyridine rings is 2. The maximum absolute atomic E-state index is 16.6. The third-order valence-corrected chi connectivity index (χ3v) is 7.69. The fourth-order valence-electron chi connectivity index (χ4n) is 6.39. The van der Waals surface area contributed by atoms with Crippen molar-refractivity contribution in [3.05, 3.63) is 83.8 Å². The molecule has 0 aliphatic rings. The van der Waals surface area contributed by atoms with Crippen LogP contribution in [-0.2, 0) is 13.5 Å². The standard InChI is InChI=1S/C32H28FN2/c1-18-21-10-6-7-11-22(21)28(33)31-25(18)29-27-19(14-15-34(29)5)16-20(17-32(2,3)4)26-23-12-8-9-13-24(23)35(31)30(26)27/h6-16H,17H2,1-5H3/q+1. The van der Waals surface area contributed by atoms with E-state index in [1.165, 1.54) is 27.1 Å². The van der Waals surface area contributed by atoms with Crippen molar-refractivity contribution >= 4 is 59.8 Å². The SMILES string of the molecule is Cc1c2ccccc2c(F)c2c1c1c3c(cc[n+]1C)cc(CC(C)(C)C)c1c4ccccc4n2c13. The van der Waals surface area contributed by atoms with Crippen LogP contribution in [0, 0.1) is 18.2 Å². The van der Waals surface area contributed by atoms with Gasteiger partial charge in [-0.05, 0) is 52.8 Å². The zero-order valence-corrected chi connectivity index (χ0v) is 20.8. The highest BCUT2D eigenvalue weighted by Gasteiger charge is 2.29. The summed E-state index contributed by atoms with van der Waals surface area (Å²) < 4.78 is 21.0. The van der Waals surface area contributed by atoms with Gasteiger partial charge in [0.15, 0.2) is 12.0 Å². The molecule has 0 saturated carbocycles. The van der Waals surface area contributed by atoms with Gasteiger partial charge in [-0.25, -0.2) is 8.96 Å². The van der Waals surface area contributed by atoms with E-state index in [9.17, 15) is 0 Å². The van der Waals surface area contributed by atoms with Gasteiger partial charge < -0.3 is 4.40 Å². The van der Waals surface area contributed by atoms with Crippen LogP contribution in [0.2, 0.25) is 0 Å². The van der Waals surface area contributed by atoms with Crippen LogP contribution in [0.25, 0.3) is 59.8 Å². The molecule has 7 rings (SSSR count). The number of nitrogens with zero attached hydrogens (tertiary/aromatic N) is 2. The minimum atomic E-state index is -0.146. The minimum Gasteiger partial charge on any atom is -0.305 e. The van der Waals surface area contributed by atoms with Crippen molar-refractivity contribution < 1.29 is 8.96 Å². The summed E-state index contributed by atoms with van der Waals surface area (Å²) in [7, 11) is 2.08. The summed E-state index contributed by atoms with van der Waals surface area (Å²) in [6.07, 6.45) is 3.08. The Balaban J connectivity index is 1.92. The molecule has 3 heterocycles. The van der Waals surface area contributed by atoms with Crippen LogP contribution in [0.15, 0.2) is 66.9 Å². The Morgan fingerprint density at radius 1 is 0.829 bits per heavy atom. The predicted octanol–water partition coefficient (Wildman–Crippen LogP) is 8.00. The first-order chi connectivity index (χ1) is 16.8. The molecule has 0 radical (unpaired) electrons. The summed E-state index contributed by atoms with van der Waals surface area (Å²) in [4.78, 5) is 0. The smallest absolute Gasteiger partial charge is 0.224 e. The molecule has 35 heavy (non-hydrogen) atoms. The zero-order chi connectivity index (χ0) is 24.2. The monoisotopic (exact) mass is 459 g/mol. The van der Waals surface area contributed by atoms with Crippen molar-refractivity contribution in [3.63, 3.8) is 0 Å². The molecule has 0 N–H and O–H groups in total. The molecule has 3 heteroatoms. The normalized spacial score (nSPS) is 13.0. The second-order valence-corrected chi connectivity index (χ2v) is 11.3. The van der Waals surface area contributed by atoms with Crippen LogP contribution in [-0.4, -0.2) is 4.40 Å². The maximum atomic E-state index is 16.6. The number of rotatable bonds is 1. The Hall–Kier alpha value is -3.72. The first-order valence-corrected chi connectivity index (χ1v) is 12.3. The second-order valence-electron chi connectivity index (χ2n) is 11.3. The van der Waals surface area contributed by atoms with Gasteiger partial charge in [-0.2, -0.15) is 0 Å². The lowest BCUT2D eigenvalue weighted by molar-refractivity contribution is -0.643. The number of halogens is 1. The molecule has 7 aromatic rings. The predicted molar refractivity (Wildman–Crippen MR) is 145 cm³/mol. The molecule has 3 aromatic heterocycles. The van der Waals surface area contributed by atoms with Gasteiger partial charge in [-0.1, -0.05) is 63.2 Å². The highest BCUT2D eigenvalue weighted by Crippen LogP contribution is 2.45. The molecule has 0 unspecified atom stereocenters.